The lowest BCUT2D eigenvalue weighted by molar-refractivity contribution is 0.136. The lowest BCUT2D eigenvalue weighted by Gasteiger charge is -2.38. The number of aliphatic imine (C=N–C) groups is 1. The summed E-state index contributed by atoms with van der Waals surface area (Å²) in [5, 5.41) is 8.50. The van der Waals surface area contributed by atoms with E-state index in [1.54, 1.807) is 0 Å². The fourth-order valence-corrected chi connectivity index (χ4v) is 2.04. The maximum atomic E-state index is 8.50. The van der Waals surface area contributed by atoms with Gasteiger partial charge in [-0.05, 0) is 12.3 Å². The van der Waals surface area contributed by atoms with Crippen molar-refractivity contribution in [2.45, 2.75) is 27.7 Å². The third-order valence-corrected chi connectivity index (χ3v) is 2.74. The van der Waals surface area contributed by atoms with E-state index < -0.39 is 0 Å². The maximum Gasteiger partial charge on any atom is 0.207 e. The van der Waals surface area contributed by atoms with Crippen LogP contribution in [0, 0.1) is 16.9 Å². The first kappa shape index (κ1) is 13.0. The Morgan fingerprint density at radius 3 is 2.25 bits per heavy atom. The SMILES string of the molecule is CC(=NC#N)N1CCN(CC(C)(C)C)CC1. The van der Waals surface area contributed by atoms with Crippen LogP contribution in [0.3, 0.4) is 0 Å². The second-order valence-electron chi connectivity index (χ2n) is 5.58. The van der Waals surface area contributed by atoms with Crippen LogP contribution in [-0.2, 0) is 0 Å². The van der Waals surface area contributed by atoms with Crippen molar-refractivity contribution in [3.8, 4) is 6.19 Å². The van der Waals surface area contributed by atoms with Gasteiger partial charge in [0.05, 0.1) is 0 Å². The predicted octanol–water partition coefficient (Wildman–Crippen LogP) is 1.55. The molecule has 0 unspecified atom stereocenters. The molecule has 0 radical (unpaired) electrons. The van der Waals surface area contributed by atoms with Crippen LogP contribution in [0.4, 0.5) is 0 Å². The molecule has 4 nitrogen and oxygen atoms in total. The Hall–Kier alpha value is -1.08. The highest BCUT2D eigenvalue weighted by atomic mass is 15.3. The van der Waals surface area contributed by atoms with E-state index in [0.29, 0.717) is 5.41 Å². The predicted molar refractivity (Wildman–Crippen MR) is 66.2 cm³/mol. The van der Waals surface area contributed by atoms with E-state index in [2.05, 4.69) is 35.6 Å². The average Bonchev–Trinajstić information content (AvgIpc) is 2.16. The van der Waals surface area contributed by atoms with Gasteiger partial charge in [0, 0.05) is 32.7 Å². The van der Waals surface area contributed by atoms with Crippen molar-refractivity contribution < 1.29 is 0 Å². The normalized spacial score (nSPS) is 19.7. The van der Waals surface area contributed by atoms with Crippen molar-refractivity contribution in [2.75, 3.05) is 32.7 Å². The van der Waals surface area contributed by atoms with Crippen LogP contribution in [-0.4, -0.2) is 48.4 Å². The molecular weight excluding hydrogens is 200 g/mol. The molecule has 1 aliphatic heterocycles. The van der Waals surface area contributed by atoms with Crippen molar-refractivity contribution >= 4 is 5.84 Å². The molecule has 1 saturated heterocycles. The highest BCUT2D eigenvalue weighted by molar-refractivity contribution is 5.80. The lowest BCUT2D eigenvalue weighted by Crippen LogP contribution is -2.49. The Kier molecular flexibility index (Phi) is 4.31. The summed E-state index contributed by atoms with van der Waals surface area (Å²) < 4.78 is 0. The molecule has 0 atom stereocenters. The Bertz CT molecular complexity index is 287. The Morgan fingerprint density at radius 1 is 1.25 bits per heavy atom. The zero-order valence-corrected chi connectivity index (χ0v) is 10.8. The summed E-state index contributed by atoms with van der Waals surface area (Å²) in [5.74, 6) is 0.845. The minimum atomic E-state index is 0.359. The highest BCUT2D eigenvalue weighted by Gasteiger charge is 2.21. The van der Waals surface area contributed by atoms with E-state index in [9.17, 15) is 0 Å². The van der Waals surface area contributed by atoms with Gasteiger partial charge in [0.1, 0.15) is 5.84 Å². The molecule has 0 aromatic carbocycles. The molecule has 0 N–H and O–H groups in total. The van der Waals surface area contributed by atoms with Crippen molar-refractivity contribution in [3.63, 3.8) is 0 Å². The summed E-state index contributed by atoms with van der Waals surface area (Å²) in [4.78, 5) is 8.44. The third kappa shape index (κ3) is 4.19. The summed E-state index contributed by atoms with van der Waals surface area (Å²) in [6.07, 6.45) is 1.85. The first-order valence-electron chi connectivity index (χ1n) is 5.83. The monoisotopic (exact) mass is 222 g/mol. The van der Waals surface area contributed by atoms with Crippen LogP contribution in [0.5, 0.6) is 0 Å². The maximum absolute atomic E-state index is 8.50. The van der Waals surface area contributed by atoms with E-state index in [0.717, 1.165) is 38.6 Å². The number of nitriles is 1. The molecule has 0 bridgehead atoms. The lowest BCUT2D eigenvalue weighted by atomic mass is 9.96. The zero-order valence-electron chi connectivity index (χ0n) is 10.8. The van der Waals surface area contributed by atoms with Crippen LogP contribution in [0.15, 0.2) is 4.99 Å². The highest BCUT2D eigenvalue weighted by Crippen LogP contribution is 2.16. The second kappa shape index (κ2) is 5.31. The minimum absolute atomic E-state index is 0.359. The number of hydrogen-bond donors (Lipinski definition) is 0. The summed E-state index contributed by atoms with van der Waals surface area (Å²) in [7, 11) is 0. The second-order valence-corrected chi connectivity index (χ2v) is 5.58. The van der Waals surface area contributed by atoms with Gasteiger partial charge in [-0.15, -0.1) is 0 Å². The topological polar surface area (TPSA) is 42.6 Å². The van der Waals surface area contributed by atoms with Crippen LogP contribution >= 0.6 is 0 Å². The molecular formula is C12H22N4. The Labute approximate surface area is 98.6 Å². The number of amidine groups is 1. The quantitative estimate of drug-likeness (QED) is 0.384. The van der Waals surface area contributed by atoms with E-state index in [1.165, 1.54) is 0 Å². The number of piperazine rings is 1. The molecule has 1 rings (SSSR count). The van der Waals surface area contributed by atoms with Gasteiger partial charge < -0.3 is 4.90 Å². The minimum Gasteiger partial charge on any atom is -0.357 e. The molecule has 1 heterocycles. The summed E-state index contributed by atoms with van der Waals surface area (Å²) in [6.45, 7) is 13.9. The van der Waals surface area contributed by atoms with Gasteiger partial charge in [-0.1, -0.05) is 20.8 Å². The fourth-order valence-electron chi connectivity index (χ4n) is 2.04. The summed E-state index contributed by atoms with van der Waals surface area (Å²) in [5.41, 5.74) is 0.359. The van der Waals surface area contributed by atoms with Gasteiger partial charge in [0.15, 0.2) is 0 Å². The van der Waals surface area contributed by atoms with Gasteiger partial charge in [-0.3, -0.25) is 4.90 Å². The fraction of sp³-hybridized carbons (Fsp3) is 0.833. The van der Waals surface area contributed by atoms with Gasteiger partial charge in [0.2, 0.25) is 6.19 Å². The van der Waals surface area contributed by atoms with Crippen LogP contribution in [0.2, 0.25) is 0 Å². The van der Waals surface area contributed by atoms with Gasteiger partial charge in [-0.2, -0.15) is 10.3 Å². The van der Waals surface area contributed by atoms with E-state index in [-0.39, 0.29) is 0 Å². The van der Waals surface area contributed by atoms with E-state index in [4.69, 9.17) is 5.26 Å². The first-order chi connectivity index (χ1) is 7.42. The molecule has 1 aliphatic rings. The van der Waals surface area contributed by atoms with Gasteiger partial charge >= 0.3 is 0 Å². The number of rotatable bonds is 1. The first-order valence-corrected chi connectivity index (χ1v) is 5.83. The summed E-state index contributed by atoms with van der Waals surface area (Å²) >= 11 is 0. The zero-order chi connectivity index (χ0) is 12.2. The standard InChI is InChI=1S/C12H22N4/c1-11(14-10-13)16-7-5-15(6-8-16)9-12(2,3)4/h5-9H2,1-4H3. The third-order valence-electron chi connectivity index (χ3n) is 2.74. The van der Waals surface area contributed by atoms with Crippen molar-refractivity contribution in [1.82, 2.24) is 9.80 Å². The van der Waals surface area contributed by atoms with Gasteiger partial charge in [-0.25, -0.2) is 0 Å². The molecule has 0 aromatic rings. The smallest absolute Gasteiger partial charge is 0.207 e. The largest absolute Gasteiger partial charge is 0.357 e. The summed E-state index contributed by atoms with van der Waals surface area (Å²) in [6, 6.07) is 0. The van der Waals surface area contributed by atoms with Crippen molar-refractivity contribution in [1.29, 1.82) is 5.26 Å². The van der Waals surface area contributed by atoms with E-state index >= 15 is 0 Å². The average molecular weight is 222 g/mol. The molecule has 1 fully saturated rings. The number of hydrogen-bond acceptors (Lipinski definition) is 3. The van der Waals surface area contributed by atoms with Gasteiger partial charge in [0.25, 0.3) is 0 Å². The Morgan fingerprint density at radius 2 is 1.81 bits per heavy atom. The molecule has 0 aliphatic carbocycles. The molecule has 90 valence electrons. The number of nitrogens with zero attached hydrogens (tertiary/aromatic N) is 4. The van der Waals surface area contributed by atoms with Crippen LogP contribution in [0.1, 0.15) is 27.7 Å². The van der Waals surface area contributed by atoms with E-state index in [1.807, 2.05) is 13.1 Å². The Balaban J connectivity index is 2.41. The van der Waals surface area contributed by atoms with Crippen molar-refractivity contribution in [2.24, 2.45) is 10.4 Å². The molecule has 16 heavy (non-hydrogen) atoms. The molecule has 0 spiro atoms. The molecule has 4 heteroatoms. The van der Waals surface area contributed by atoms with Crippen molar-refractivity contribution in [3.05, 3.63) is 0 Å². The van der Waals surface area contributed by atoms with Crippen LogP contribution < -0.4 is 0 Å². The molecule has 0 aromatic heterocycles. The van der Waals surface area contributed by atoms with Crippen LogP contribution in [0.25, 0.3) is 0 Å². The molecule has 0 amide bonds. The molecule has 0 saturated carbocycles.